The molecular formula is C33H32N4O7. The summed E-state index contributed by atoms with van der Waals surface area (Å²) >= 11 is 0. The van der Waals surface area contributed by atoms with E-state index in [9.17, 15) is 29.1 Å². The predicted octanol–water partition coefficient (Wildman–Crippen LogP) is 2.51. The Morgan fingerprint density at radius 3 is 2.34 bits per heavy atom. The van der Waals surface area contributed by atoms with E-state index in [0.717, 1.165) is 16.2 Å². The van der Waals surface area contributed by atoms with Crippen LogP contribution in [0.4, 0.5) is 5.69 Å². The first-order valence-corrected chi connectivity index (χ1v) is 14.6. The molecule has 11 heteroatoms. The quantitative estimate of drug-likeness (QED) is 0.327. The molecule has 3 aliphatic heterocycles. The topological polar surface area (TPSA) is 137 Å². The predicted molar refractivity (Wildman–Crippen MR) is 159 cm³/mol. The van der Waals surface area contributed by atoms with Gasteiger partial charge in [-0.15, -0.1) is 0 Å². The Bertz CT molecular complexity index is 1650. The van der Waals surface area contributed by atoms with Gasteiger partial charge in [-0.3, -0.25) is 24.1 Å². The lowest BCUT2D eigenvalue weighted by molar-refractivity contribution is -0.129. The zero-order chi connectivity index (χ0) is 31.0. The number of anilines is 1. The van der Waals surface area contributed by atoms with E-state index < -0.39 is 30.1 Å². The highest BCUT2D eigenvalue weighted by molar-refractivity contribution is 6.22. The molecule has 0 aromatic heterocycles. The Morgan fingerprint density at radius 1 is 0.909 bits per heavy atom. The molecule has 3 aliphatic rings. The third kappa shape index (κ3) is 5.53. The molecule has 2 fully saturated rings. The van der Waals surface area contributed by atoms with Gasteiger partial charge in [0.2, 0.25) is 5.91 Å². The van der Waals surface area contributed by atoms with Crippen LogP contribution in [-0.2, 0) is 16.1 Å². The minimum Gasteiger partial charge on any atom is -0.457 e. The molecular weight excluding hydrogens is 564 g/mol. The summed E-state index contributed by atoms with van der Waals surface area (Å²) in [6, 6.07) is 18.6. The Balaban J connectivity index is 1.07. The van der Waals surface area contributed by atoms with Crippen molar-refractivity contribution in [1.29, 1.82) is 0 Å². The Morgan fingerprint density at radius 2 is 1.64 bits per heavy atom. The number of aryl methyl sites for hydroxylation is 1. The van der Waals surface area contributed by atoms with Gasteiger partial charge in [-0.2, -0.15) is 0 Å². The number of carbonyl (C=O) groups is 5. The standard InChI is InChI=1S/C33H32N4O7/c1-20-17-22(33(43)44-19-21-5-3-2-4-6-21)7-9-24(20)30(40)36-15-13-35(14-16-36)23-8-10-25-26(18-23)32(42)37(31(25)41)27-11-12-28(38)34-29(27)39/h2-10,17-18,27,29,39H,11-16,19H2,1H3,(H,34,38). The number of esters is 1. The van der Waals surface area contributed by atoms with Crippen LogP contribution in [0.1, 0.15) is 65.4 Å². The number of carbonyl (C=O) groups excluding carboxylic acids is 5. The van der Waals surface area contributed by atoms with Gasteiger partial charge >= 0.3 is 5.97 Å². The lowest BCUT2D eigenvalue weighted by Gasteiger charge is -2.36. The van der Waals surface area contributed by atoms with Crippen molar-refractivity contribution in [3.05, 3.63) is 100 Å². The molecule has 4 amide bonds. The van der Waals surface area contributed by atoms with E-state index in [1.165, 1.54) is 0 Å². The molecule has 44 heavy (non-hydrogen) atoms. The Labute approximate surface area is 254 Å². The first-order chi connectivity index (χ1) is 21.2. The number of rotatable bonds is 6. The number of nitrogens with zero attached hydrogens (tertiary/aromatic N) is 3. The van der Waals surface area contributed by atoms with E-state index in [1.807, 2.05) is 30.3 Å². The third-order valence-corrected chi connectivity index (χ3v) is 8.41. The van der Waals surface area contributed by atoms with Crippen LogP contribution < -0.4 is 10.2 Å². The van der Waals surface area contributed by atoms with Gasteiger partial charge in [0.15, 0.2) is 0 Å². The molecule has 2 saturated heterocycles. The van der Waals surface area contributed by atoms with Crippen molar-refractivity contribution < 1.29 is 33.8 Å². The molecule has 6 rings (SSSR count). The second-order valence-electron chi connectivity index (χ2n) is 11.2. The zero-order valence-corrected chi connectivity index (χ0v) is 24.2. The van der Waals surface area contributed by atoms with Crippen molar-refractivity contribution in [3.8, 4) is 0 Å². The molecule has 0 radical (unpaired) electrons. The maximum Gasteiger partial charge on any atom is 0.338 e. The van der Waals surface area contributed by atoms with E-state index >= 15 is 0 Å². The van der Waals surface area contributed by atoms with Gasteiger partial charge in [0.1, 0.15) is 12.8 Å². The second kappa shape index (κ2) is 11.9. The summed E-state index contributed by atoms with van der Waals surface area (Å²) in [5.41, 5.74) is 3.74. The van der Waals surface area contributed by atoms with Crippen molar-refractivity contribution in [2.75, 3.05) is 31.1 Å². The first kappa shape index (κ1) is 29.1. The fourth-order valence-corrected chi connectivity index (χ4v) is 5.96. The zero-order valence-electron chi connectivity index (χ0n) is 24.2. The molecule has 2 N–H and O–H groups in total. The molecule has 3 heterocycles. The van der Waals surface area contributed by atoms with Crippen LogP contribution >= 0.6 is 0 Å². The number of amides is 4. The smallest absolute Gasteiger partial charge is 0.338 e. The molecule has 0 saturated carbocycles. The molecule has 11 nitrogen and oxygen atoms in total. The maximum atomic E-state index is 13.4. The van der Waals surface area contributed by atoms with E-state index in [1.54, 1.807) is 48.2 Å². The minimum absolute atomic E-state index is 0.119. The summed E-state index contributed by atoms with van der Waals surface area (Å²) in [4.78, 5) is 68.7. The fraction of sp³-hybridized carbons (Fsp3) is 0.303. The monoisotopic (exact) mass is 596 g/mol. The van der Waals surface area contributed by atoms with Crippen molar-refractivity contribution in [2.24, 2.45) is 0 Å². The number of aliphatic hydroxyl groups is 1. The molecule has 0 spiro atoms. The number of imide groups is 1. The highest BCUT2D eigenvalue weighted by atomic mass is 16.5. The second-order valence-corrected chi connectivity index (χ2v) is 11.2. The van der Waals surface area contributed by atoms with Gasteiger partial charge in [-0.1, -0.05) is 30.3 Å². The molecule has 226 valence electrons. The van der Waals surface area contributed by atoms with Crippen LogP contribution in [-0.4, -0.2) is 83.0 Å². The number of nitrogens with one attached hydrogen (secondary N) is 1. The Kier molecular flexibility index (Phi) is 7.88. The SMILES string of the molecule is Cc1cc(C(=O)OCc2ccccc2)ccc1C(=O)N1CCN(c2ccc3c(c2)C(=O)N(C2CCC(=O)NC2O)C3=O)CC1. The number of ether oxygens (including phenoxy) is 1. The maximum absolute atomic E-state index is 13.4. The number of fused-ring (bicyclic) bond motifs is 1. The summed E-state index contributed by atoms with van der Waals surface area (Å²) < 4.78 is 5.42. The molecule has 0 bridgehead atoms. The van der Waals surface area contributed by atoms with Crippen LogP contribution in [0.25, 0.3) is 0 Å². The van der Waals surface area contributed by atoms with Gasteiger partial charge in [0.05, 0.1) is 22.7 Å². The summed E-state index contributed by atoms with van der Waals surface area (Å²) in [6.45, 7) is 3.90. The Hall–Kier alpha value is -5.03. The normalized spacial score (nSPS) is 20.0. The van der Waals surface area contributed by atoms with Gasteiger partial charge in [0, 0.05) is 43.9 Å². The number of aliphatic hydroxyl groups excluding tert-OH is 1. The average Bonchev–Trinajstić information content (AvgIpc) is 3.28. The van der Waals surface area contributed by atoms with E-state index in [4.69, 9.17) is 4.74 Å². The summed E-state index contributed by atoms with van der Waals surface area (Å²) in [5, 5.41) is 12.7. The van der Waals surface area contributed by atoms with Crippen molar-refractivity contribution in [2.45, 2.75) is 38.6 Å². The molecule has 2 unspecified atom stereocenters. The number of hydrogen-bond acceptors (Lipinski definition) is 8. The van der Waals surface area contributed by atoms with Crippen molar-refractivity contribution in [3.63, 3.8) is 0 Å². The summed E-state index contributed by atoms with van der Waals surface area (Å²) in [5.74, 6) is -1.89. The molecule has 3 aromatic rings. The van der Waals surface area contributed by atoms with E-state index in [2.05, 4.69) is 10.2 Å². The molecule has 0 aliphatic carbocycles. The number of benzene rings is 3. The third-order valence-electron chi connectivity index (χ3n) is 8.41. The van der Waals surface area contributed by atoms with Gasteiger partial charge < -0.3 is 25.0 Å². The summed E-state index contributed by atoms with van der Waals surface area (Å²) in [7, 11) is 0. The van der Waals surface area contributed by atoms with Crippen molar-refractivity contribution in [1.82, 2.24) is 15.1 Å². The summed E-state index contributed by atoms with van der Waals surface area (Å²) in [6.07, 6.45) is -0.993. The average molecular weight is 597 g/mol. The number of piperazine rings is 1. The van der Waals surface area contributed by atoms with Crippen LogP contribution in [0.3, 0.4) is 0 Å². The van der Waals surface area contributed by atoms with Crippen LogP contribution in [0, 0.1) is 6.92 Å². The van der Waals surface area contributed by atoms with E-state index in [0.29, 0.717) is 42.9 Å². The lowest BCUT2D eigenvalue weighted by Crippen LogP contribution is -2.57. The van der Waals surface area contributed by atoms with Crippen molar-refractivity contribution >= 4 is 35.3 Å². The first-order valence-electron chi connectivity index (χ1n) is 14.6. The molecule has 3 aromatic carbocycles. The van der Waals surface area contributed by atoms with E-state index in [-0.39, 0.29) is 42.4 Å². The highest BCUT2D eigenvalue weighted by Crippen LogP contribution is 2.32. The number of hydrogen-bond donors (Lipinski definition) is 2. The van der Waals surface area contributed by atoms with Gasteiger partial charge in [-0.05, 0) is 60.9 Å². The largest absolute Gasteiger partial charge is 0.457 e. The molecule has 2 atom stereocenters. The highest BCUT2D eigenvalue weighted by Gasteiger charge is 2.44. The van der Waals surface area contributed by atoms with Gasteiger partial charge in [0.25, 0.3) is 17.7 Å². The fourth-order valence-electron chi connectivity index (χ4n) is 5.96. The van der Waals surface area contributed by atoms with Crippen LogP contribution in [0.2, 0.25) is 0 Å². The minimum atomic E-state index is -1.31. The number of piperidine rings is 1. The van der Waals surface area contributed by atoms with Gasteiger partial charge in [-0.25, -0.2) is 4.79 Å². The van der Waals surface area contributed by atoms with Crippen LogP contribution in [0.5, 0.6) is 0 Å². The lowest BCUT2D eigenvalue weighted by atomic mass is 10.0. The van der Waals surface area contributed by atoms with Crippen LogP contribution in [0.15, 0.2) is 66.7 Å².